The van der Waals surface area contributed by atoms with Gasteiger partial charge in [0.1, 0.15) is 11.6 Å². The molecule has 0 radical (unpaired) electrons. The van der Waals surface area contributed by atoms with Gasteiger partial charge in [0.05, 0.1) is 0 Å². The van der Waals surface area contributed by atoms with Crippen LogP contribution >= 0.6 is 0 Å². The van der Waals surface area contributed by atoms with Gasteiger partial charge < -0.3 is 5.73 Å². The molecule has 70 valence electrons. The Labute approximate surface area is 78.4 Å². The number of nitrogens with two attached hydrogens (primary N) is 1. The summed E-state index contributed by atoms with van der Waals surface area (Å²) in [6.45, 7) is 2.09. The fourth-order valence-corrected chi connectivity index (χ4v) is 1.43. The van der Waals surface area contributed by atoms with Crippen LogP contribution in [-0.4, -0.2) is 9.97 Å². The van der Waals surface area contributed by atoms with E-state index in [0.717, 1.165) is 30.3 Å². The van der Waals surface area contributed by atoms with Crippen LogP contribution in [0.5, 0.6) is 0 Å². The fourth-order valence-electron chi connectivity index (χ4n) is 1.43. The second-order valence-electron chi connectivity index (χ2n) is 3.70. The van der Waals surface area contributed by atoms with Crippen LogP contribution in [0.3, 0.4) is 0 Å². The van der Waals surface area contributed by atoms with Crippen LogP contribution in [0.15, 0.2) is 6.07 Å². The van der Waals surface area contributed by atoms with Crippen molar-refractivity contribution in [3.05, 3.63) is 17.6 Å². The Morgan fingerprint density at radius 2 is 2.23 bits per heavy atom. The van der Waals surface area contributed by atoms with Crippen molar-refractivity contribution < 1.29 is 0 Å². The number of aromatic nitrogens is 2. The summed E-state index contributed by atoms with van der Waals surface area (Å²) in [7, 11) is 0. The summed E-state index contributed by atoms with van der Waals surface area (Å²) in [4.78, 5) is 8.67. The topological polar surface area (TPSA) is 51.8 Å². The van der Waals surface area contributed by atoms with Gasteiger partial charge in [-0.25, -0.2) is 9.97 Å². The molecule has 0 amide bonds. The first-order valence-corrected chi connectivity index (χ1v) is 4.90. The lowest BCUT2D eigenvalue weighted by Crippen LogP contribution is -2.03. The first kappa shape index (κ1) is 8.48. The van der Waals surface area contributed by atoms with Crippen molar-refractivity contribution in [2.45, 2.75) is 32.6 Å². The first-order chi connectivity index (χ1) is 6.28. The molecule has 2 N–H and O–H groups in total. The highest BCUT2D eigenvalue weighted by molar-refractivity contribution is 5.29. The molecule has 0 saturated heterocycles. The highest BCUT2D eigenvalue weighted by Gasteiger charge is 2.22. The minimum absolute atomic E-state index is 0.613. The van der Waals surface area contributed by atoms with E-state index in [2.05, 4.69) is 16.9 Å². The maximum atomic E-state index is 5.68. The second kappa shape index (κ2) is 3.32. The third-order valence-electron chi connectivity index (χ3n) is 2.38. The molecule has 0 spiro atoms. The highest BCUT2D eigenvalue weighted by atomic mass is 14.9. The van der Waals surface area contributed by atoms with Gasteiger partial charge in [0.25, 0.3) is 0 Å². The Kier molecular flexibility index (Phi) is 2.17. The molecule has 2 rings (SSSR count). The monoisotopic (exact) mass is 177 g/mol. The van der Waals surface area contributed by atoms with E-state index in [4.69, 9.17) is 5.73 Å². The van der Waals surface area contributed by atoms with Gasteiger partial charge in [-0.3, -0.25) is 0 Å². The maximum Gasteiger partial charge on any atom is 0.131 e. The average Bonchev–Trinajstić information content (AvgIpc) is 2.87. The van der Waals surface area contributed by atoms with Crippen molar-refractivity contribution in [2.24, 2.45) is 5.92 Å². The van der Waals surface area contributed by atoms with Crippen LogP contribution < -0.4 is 5.73 Å². The normalized spacial score (nSPS) is 16.1. The van der Waals surface area contributed by atoms with E-state index in [-0.39, 0.29) is 0 Å². The summed E-state index contributed by atoms with van der Waals surface area (Å²) in [5.41, 5.74) is 6.74. The second-order valence-corrected chi connectivity index (χ2v) is 3.70. The Morgan fingerprint density at radius 1 is 1.46 bits per heavy atom. The number of anilines is 1. The molecule has 0 atom stereocenters. The van der Waals surface area contributed by atoms with Gasteiger partial charge in [-0.05, 0) is 25.2 Å². The van der Waals surface area contributed by atoms with Crippen LogP contribution in [0.2, 0.25) is 0 Å². The lowest BCUT2D eigenvalue weighted by atomic mass is 10.2. The molecule has 1 heterocycles. The van der Waals surface area contributed by atoms with Crippen molar-refractivity contribution >= 4 is 5.82 Å². The summed E-state index contributed by atoms with van der Waals surface area (Å²) < 4.78 is 0. The van der Waals surface area contributed by atoms with Crippen molar-refractivity contribution in [3.8, 4) is 0 Å². The van der Waals surface area contributed by atoms with E-state index >= 15 is 0 Å². The molecule has 13 heavy (non-hydrogen) atoms. The number of hydrogen-bond acceptors (Lipinski definition) is 3. The van der Waals surface area contributed by atoms with Crippen LogP contribution in [0, 0.1) is 5.92 Å². The minimum atomic E-state index is 0.613. The summed E-state index contributed by atoms with van der Waals surface area (Å²) in [6, 6.07) is 1.86. The molecule has 1 aliphatic carbocycles. The Bertz CT molecular complexity index is 305. The first-order valence-electron chi connectivity index (χ1n) is 4.90. The molecule has 0 aromatic carbocycles. The number of aryl methyl sites for hydroxylation is 1. The lowest BCUT2D eigenvalue weighted by molar-refractivity contribution is 0.760. The Balaban J connectivity index is 2.17. The zero-order chi connectivity index (χ0) is 9.26. The molecular weight excluding hydrogens is 162 g/mol. The molecule has 1 aromatic heterocycles. The lowest BCUT2D eigenvalue weighted by Gasteiger charge is -2.02. The summed E-state index contributed by atoms with van der Waals surface area (Å²) in [5.74, 6) is 2.37. The standard InChI is InChI=1S/C10H15N3/c1-2-8-6-9(11)13-10(12-8)5-7-3-4-7/h6-7H,2-5H2,1H3,(H2,11,12,13). The zero-order valence-electron chi connectivity index (χ0n) is 7.95. The van der Waals surface area contributed by atoms with E-state index < -0.39 is 0 Å². The summed E-state index contributed by atoms with van der Waals surface area (Å²) in [6.07, 6.45) is 4.61. The van der Waals surface area contributed by atoms with E-state index in [1.165, 1.54) is 12.8 Å². The van der Waals surface area contributed by atoms with E-state index in [1.807, 2.05) is 6.07 Å². The maximum absolute atomic E-state index is 5.68. The van der Waals surface area contributed by atoms with Gasteiger partial charge in [-0.15, -0.1) is 0 Å². The SMILES string of the molecule is CCc1cc(N)nc(CC2CC2)n1. The predicted octanol–water partition coefficient (Wildman–Crippen LogP) is 1.57. The molecule has 0 unspecified atom stereocenters. The van der Waals surface area contributed by atoms with Crippen molar-refractivity contribution in [3.63, 3.8) is 0 Å². The summed E-state index contributed by atoms with van der Waals surface area (Å²) in [5, 5.41) is 0. The average molecular weight is 177 g/mol. The number of nitrogen functional groups attached to an aromatic ring is 1. The Morgan fingerprint density at radius 3 is 2.85 bits per heavy atom. The Hall–Kier alpha value is -1.12. The fraction of sp³-hybridized carbons (Fsp3) is 0.600. The van der Waals surface area contributed by atoms with Crippen LogP contribution in [0.25, 0.3) is 0 Å². The number of hydrogen-bond donors (Lipinski definition) is 1. The molecule has 0 bridgehead atoms. The molecule has 3 heteroatoms. The van der Waals surface area contributed by atoms with Crippen molar-refractivity contribution in [1.82, 2.24) is 9.97 Å². The smallest absolute Gasteiger partial charge is 0.131 e. The van der Waals surface area contributed by atoms with Gasteiger partial charge in [-0.1, -0.05) is 6.92 Å². The summed E-state index contributed by atoms with van der Waals surface area (Å²) >= 11 is 0. The molecular formula is C10H15N3. The van der Waals surface area contributed by atoms with Gasteiger partial charge in [0, 0.05) is 18.2 Å². The quantitative estimate of drug-likeness (QED) is 0.762. The molecule has 1 aromatic rings. The zero-order valence-corrected chi connectivity index (χ0v) is 7.95. The van der Waals surface area contributed by atoms with Crippen molar-refractivity contribution in [1.29, 1.82) is 0 Å². The highest BCUT2D eigenvalue weighted by Crippen LogP contribution is 2.31. The number of rotatable bonds is 3. The molecule has 3 nitrogen and oxygen atoms in total. The third kappa shape index (κ3) is 2.17. The molecule has 0 aliphatic heterocycles. The van der Waals surface area contributed by atoms with Crippen LogP contribution in [0.1, 0.15) is 31.3 Å². The molecule has 1 fully saturated rings. The molecule has 1 aliphatic rings. The largest absolute Gasteiger partial charge is 0.384 e. The van der Waals surface area contributed by atoms with Crippen molar-refractivity contribution in [2.75, 3.05) is 5.73 Å². The van der Waals surface area contributed by atoms with E-state index in [1.54, 1.807) is 0 Å². The van der Waals surface area contributed by atoms with E-state index in [0.29, 0.717) is 5.82 Å². The van der Waals surface area contributed by atoms with Crippen LogP contribution in [-0.2, 0) is 12.8 Å². The third-order valence-corrected chi connectivity index (χ3v) is 2.38. The van der Waals surface area contributed by atoms with E-state index in [9.17, 15) is 0 Å². The van der Waals surface area contributed by atoms with Gasteiger partial charge in [-0.2, -0.15) is 0 Å². The van der Waals surface area contributed by atoms with Crippen LogP contribution in [0.4, 0.5) is 5.82 Å². The van der Waals surface area contributed by atoms with Gasteiger partial charge in [0.2, 0.25) is 0 Å². The van der Waals surface area contributed by atoms with Gasteiger partial charge in [0.15, 0.2) is 0 Å². The van der Waals surface area contributed by atoms with Gasteiger partial charge >= 0.3 is 0 Å². The predicted molar refractivity (Wildman–Crippen MR) is 52.3 cm³/mol. The number of nitrogens with zero attached hydrogens (tertiary/aromatic N) is 2. The molecule has 1 saturated carbocycles. The minimum Gasteiger partial charge on any atom is -0.384 e.